The van der Waals surface area contributed by atoms with Crippen LogP contribution in [0.3, 0.4) is 0 Å². The zero-order chi connectivity index (χ0) is 21.9. The summed E-state index contributed by atoms with van der Waals surface area (Å²) in [6.07, 6.45) is 3.39. The molecule has 0 aliphatic carbocycles. The number of carbonyl (C=O) groups is 3. The van der Waals surface area contributed by atoms with Crippen molar-refractivity contribution in [2.24, 2.45) is 5.92 Å². The van der Waals surface area contributed by atoms with E-state index in [4.69, 9.17) is 4.74 Å². The van der Waals surface area contributed by atoms with Crippen LogP contribution in [-0.2, 0) is 27.2 Å². The first-order valence-corrected chi connectivity index (χ1v) is 9.97. The van der Waals surface area contributed by atoms with Crippen LogP contribution in [0.15, 0.2) is 42.9 Å². The molecule has 2 aromatic rings. The van der Waals surface area contributed by atoms with E-state index in [1.165, 1.54) is 22.0 Å². The van der Waals surface area contributed by atoms with Gasteiger partial charge in [-0.1, -0.05) is 30.3 Å². The molecule has 0 saturated carbocycles. The quantitative estimate of drug-likeness (QED) is 0.781. The number of imidazole rings is 1. The summed E-state index contributed by atoms with van der Waals surface area (Å²) in [6.45, 7) is 5.66. The minimum Gasteiger partial charge on any atom is -0.480 e. The number of amides is 1. The van der Waals surface area contributed by atoms with Crippen LogP contribution >= 0.6 is 0 Å². The molecule has 8 heteroatoms. The Morgan fingerprint density at radius 3 is 2.60 bits per heavy atom. The van der Waals surface area contributed by atoms with Crippen LogP contribution in [-0.4, -0.2) is 55.7 Å². The molecule has 2 atom stereocenters. The third-order valence-corrected chi connectivity index (χ3v) is 4.98. The zero-order valence-corrected chi connectivity index (χ0v) is 17.4. The van der Waals surface area contributed by atoms with Crippen molar-refractivity contribution in [2.75, 3.05) is 6.54 Å². The number of hydrogen-bond acceptors (Lipinski definition) is 5. The molecule has 1 aliphatic heterocycles. The first-order valence-electron chi connectivity index (χ1n) is 9.97. The number of aromatic nitrogens is 2. The van der Waals surface area contributed by atoms with Crippen LogP contribution in [0.25, 0.3) is 0 Å². The molecule has 3 rings (SSSR count). The maximum Gasteiger partial charge on any atom is 0.419 e. The average Bonchev–Trinajstić information content (AvgIpc) is 3.27. The van der Waals surface area contributed by atoms with Gasteiger partial charge in [0, 0.05) is 25.1 Å². The lowest BCUT2D eigenvalue weighted by Crippen LogP contribution is -2.44. The summed E-state index contributed by atoms with van der Waals surface area (Å²) < 4.78 is 6.46. The fourth-order valence-corrected chi connectivity index (χ4v) is 3.57. The second kappa shape index (κ2) is 8.69. The van der Waals surface area contributed by atoms with Gasteiger partial charge in [-0.25, -0.2) is 19.1 Å². The van der Waals surface area contributed by atoms with Crippen molar-refractivity contribution in [1.82, 2.24) is 14.5 Å². The summed E-state index contributed by atoms with van der Waals surface area (Å²) in [5.41, 5.74) is 0.814. The number of carboxylic acid groups (broad SMARTS) is 1. The fourth-order valence-electron chi connectivity index (χ4n) is 3.57. The van der Waals surface area contributed by atoms with Crippen LogP contribution in [0.4, 0.5) is 4.79 Å². The van der Waals surface area contributed by atoms with E-state index in [0.717, 1.165) is 5.56 Å². The summed E-state index contributed by atoms with van der Waals surface area (Å²) in [5.74, 6) is -1.47. The van der Waals surface area contributed by atoms with Crippen molar-refractivity contribution in [3.05, 3.63) is 54.1 Å². The summed E-state index contributed by atoms with van der Waals surface area (Å²) in [4.78, 5) is 42.5. The van der Waals surface area contributed by atoms with Gasteiger partial charge in [0.25, 0.3) is 0 Å². The van der Waals surface area contributed by atoms with E-state index < -0.39 is 23.7 Å². The Labute approximate surface area is 175 Å². The molecule has 30 heavy (non-hydrogen) atoms. The summed E-state index contributed by atoms with van der Waals surface area (Å²) in [7, 11) is 0. The monoisotopic (exact) mass is 413 g/mol. The van der Waals surface area contributed by atoms with E-state index >= 15 is 0 Å². The van der Waals surface area contributed by atoms with Gasteiger partial charge in [-0.3, -0.25) is 4.79 Å². The molecule has 160 valence electrons. The van der Waals surface area contributed by atoms with Crippen LogP contribution in [0.5, 0.6) is 0 Å². The number of hydrogen-bond donors (Lipinski definition) is 1. The molecule has 1 aromatic carbocycles. The molecule has 0 unspecified atom stereocenters. The topological polar surface area (TPSA) is 102 Å². The normalized spacial score (nSPS) is 17.8. The highest BCUT2D eigenvalue weighted by Crippen LogP contribution is 2.25. The first-order chi connectivity index (χ1) is 14.1. The van der Waals surface area contributed by atoms with Gasteiger partial charge in [-0.2, -0.15) is 0 Å². The molecule has 1 aromatic heterocycles. The minimum atomic E-state index is -1.09. The Bertz CT molecular complexity index is 916. The van der Waals surface area contributed by atoms with Crippen molar-refractivity contribution >= 4 is 18.0 Å². The lowest BCUT2D eigenvalue weighted by molar-refractivity contribution is -0.149. The van der Waals surface area contributed by atoms with E-state index in [2.05, 4.69) is 4.98 Å². The van der Waals surface area contributed by atoms with Gasteiger partial charge in [-0.15, -0.1) is 0 Å². The molecule has 2 heterocycles. The molecule has 1 N–H and O–H groups in total. The standard InChI is InChI=1S/C22H27N3O5/c1-22(2,3)30-21(29)24-13-17(23-14-24)12-18(20(27)28)25-10-9-16(19(25)26)11-15-7-5-4-6-8-15/h4-8,13-14,16,18H,9-12H2,1-3H3,(H,27,28)/t16-,18-/m0/s1. The smallest absolute Gasteiger partial charge is 0.419 e. The first kappa shape index (κ1) is 21.5. The van der Waals surface area contributed by atoms with Gasteiger partial charge in [0.1, 0.15) is 18.0 Å². The molecular formula is C22H27N3O5. The number of rotatable bonds is 6. The molecular weight excluding hydrogens is 386 g/mol. The van der Waals surface area contributed by atoms with Crippen LogP contribution in [0.1, 0.15) is 38.4 Å². The van der Waals surface area contributed by atoms with Crippen LogP contribution < -0.4 is 0 Å². The van der Waals surface area contributed by atoms with Crippen molar-refractivity contribution in [3.63, 3.8) is 0 Å². The van der Waals surface area contributed by atoms with Crippen molar-refractivity contribution < 1.29 is 24.2 Å². The molecule has 8 nitrogen and oxygen atoms in total. The van der Waals surface area contributed by atoms with E-state index in [1.807, 2.05) is 30.3 Å². The Morgan fingerprint density at radius 1 is 1.27 bits per heavy atom. The Kier molecular flexibility index (Phi) is 6.24. The van der Waals surface area contributed by atoms with Gasteiger partial charge in [0.2, 0.25) is 5.91 Å². The SMILES string of the molecule is CC(C)(C)OC(=O)n1cnc(C[C@@H](C(=O)O)N2CC[C@@H](Cc3ccccc3)C2=O)c1. The highest BCUT2D eigenvalue weighted by atomic mass is 16.6. The molecule has 1 fully saturated rings. The highest BCUT2D eigenvalue weighted by Gasteiger charge is 2.39. The lowest BCUT2D eigenvalue weighted by atomic mass is 9.98. The number of likely N-dealkylation sites (tertiary alicyclic amines) is 1. The minimum absolute atomic E-state index is 0.0227. The second-order valence-corrected chi connectivity index (χ2v) is 8.52. The molecule has 0 bridgehead atoms. The van der Waals surface area contributed by atoms with Crippen LogP contribution in [0, 0.1) is 5.92 Å². The van der Waals surface area contributed by atoms with Gasteiger partial charge >= 0.3 is 12.1 Å². The van der Waals surface area contributed by atoms with Gasteiger partial charge < -0.3 is 14.7 Å². The van der Waals surface area contributed by atoms with E-state index in [9.17, 15) is 19.5 Å². The number of ether oxygens (including phenoxy) is 1. The lowest BCUT2D eigenvalue weighted by Gasteiger charge is -2.24. The second-order valence-electron chi connectivity index (χ2n) is 8.52. The van der Waals surface area contributed by atoms with E-state index in [0.29, 0.717) is 25.1 Å². The zero-order valence-electron chi connectivity index (χ0n) is 17.4. The third kappa shape index (κ3) is 5.25. The van der Waals surface area contributed by atoms with E-state index in [1.54, 1.807) is 20.8 Å². The largest absolute Gasteiger partial charge is 0.480 e. The summed E-state index contributed by atoms with van der Waals surface area (Å²) in [6, 6.07) is 8.67. The third-order valence-electron chi connectivity index (χ3n) is 4.98. The number of carboxylic acids is 1. The number of aliphatic carboxylic acids is 1. The highest BCUT2D eigenvalue weighted by molar-refractivity contribution is 5.87. The number of benzene rings is 1. The van der Waals surface area contributed by atoms with Crippen molar-refractivity contribution in [1.29, 1.82) is 0 Å². The molecule has 0 spiro atoms. The maximum atomic E-state index is 12.9. The number of nitrogens with zero attached hydrogens (tertiary/aromatic N) is 3. The van der Waals surface area contributed by atoms with Crippen LogP contribution in [0.2, 0.25) is 0 Å². The van der Waals surface area contributed by atoms with Crippen molar-refractivity contribution in [3.8, 4) is 0 Å². The molecule has 0 radical (unpaired) electrons. The average molecular weight is 413 g/mol. The molecule has 1 saturated heterocycles. The van der Waals surface area contributed by atoms with Crippen molar-refractivity contribution in [2.45, 2.75) is 51.7 Å². The fraction of sp³-hybridized carbons (Fsp3) is 0.455. The van der Waals surface area contributed by atoms with E-state index in [-0.39, 0.29) is 18.2 Å². The number of carbonyl (C=O) groups excluding carboxylic acids is 2. The van der Waals surface area contributed by atoms with Gasteiger partial charge in [0.15, 0.2) is 0 Å². The predicted octanol–water partition coefficient (Wildman–Crippen LogP) is 2.75. The summed E-state index contributed by atoms with van der Waals surface area (Å²) >= 11 is 0. The Balaban J connectivity index is 1.67. The maximum absolute atomic E-state index is 12.9. The van der Waals surface area contributed by atoms with Gasteiger partial charge in [-0.05, 0) is 39.2 Å². The summed E-state index contributed by atoms with van der Waals surface area (Å²) in [5, 5.41) is 9.74. The van der Waals surface area contributed by atoms with Gasteiger partial charge in [0.05, 0.1) is 5.69 Å². The molecule has 1 aliphatic rings. The predicted molar refractivity (Wildman–Crippen MR) is 109 cm³/mol. The Hall–Kier alpha value is -3.16. The Morgan fingerprint density at radius 2 is 1.97 bits per heavy atom. The molecule has 1 amide bonds.